The number of rotatable bonds is 4. The van der Waals surface area contributed by atoms with E-state index in [0.29, 0.717) is 18.2 Å². The summed E-state index contributed by atoms with van der Waals surface area (Å²) in [6.07, 6.45) is 1.58. The summed E-state index contributed by atoms with van der Waals surface area (Å²) in [6, 6.07) is 1.66. The van der Waals surface area contributed by atoms with Crippen molar-refractivity contribution in [3.05, 3.63) is 17.8 Å². The van der Waals surface area contributed by atoms with Gasteiger partial charge in [-0.25, -0.2) is 10.5 Å². The maximum absolute atomic E-state index is 8.50. The lowest BCUT2D eigenvalue weighted by Gasteiger charge is -2.08. The maximum atomic E-state index is 8.50. The van der Waals surface area contributed by atoms with E-state index < -0.39 is 0 Å². The van der Waals surface area contributed by atoms with E-state index in [4.69, 9.17) is 14.7 Å². The fourth-order valence-electron chi connectivity index (χ4n) is 0.967. The van der Waals surface area contributed by atoms with Gasteiger partial charge in [-0.2, -0.15) is 0 Å². The number of hydrogen-bond acceptors (Lipinski definition) is 5. The van der Waals surface area contributed by atoms with Crippen molar-refractivity contribution in [2.24, 2.45) is 0 Å². The van der Waals surface area contributed by atoms with E-state index in [9.17, 15) is 0 Å². The van der Waals surface area contributed by atoms with E-state index >= 15 is 0 Å². The zero-order chi connectivity index (χ0) is 9.68. The molecule has 5 heteroatoms. The van der Waals surface area contributed by atoms with Crippen LogP contribution in [0.4, 0.5) is 0 Å². The number of methoxy groups -OCH3 is 2. The lowest BCUT2D eigenvalue weighted by Crippen LogP contribution is -2.08. The van der Waals surface area contributed by atoms with Crippen molar-refractivity contribution in [1.82, 2.24) is 10.5 Å². The van der Waals surface area contributed by atoms with E-state index in [1.807, 2.05) is 5.48 Å². The Labute approximate surface area is 76.3 Å². The van der Waals surface area contributed by atoms with Crippen molar-refractivity contribution in [1.29, 1.82) is 0 Å². The molecule has 1 aromatic rings. The van der Waals surface area contributed by atoms with Crippen molar-refractivity contribution < 1.29 is 14.7 Å². The first-order valence-electron chi connectivity index (χ1n) is 3.75. The van der Waals surface area contributed by atoms with Gasteiger partial charge < -0.3 is 14.7 Å². The maximum Gasteiger partial charge on any atom is 0.216 e. The summed E-state index contributed by atoms with van der Waals surface area (Å²) in [5.41, 5.74) is 2.80. The number of ether oxygens (including phenoxy) is 2. The Kier molecular flexibility index (Phi) is 3.48. The number of aromatic nitrogens is 1. The predicted molar refractivity (Wildman–Crippen MR) is 46.0 cm³/mol. The molecule has 1 aromatic heterocycles. The lowest BCUT2D eigenvalue weighted by molar-refractivity contribution is 0.160. The summed E-state index contributed by atoms with van der Waals surface area (Å²) in [5, 5.41) is 8.50. The van der Waals surface area contributed by atoms with Gasteiger partial charge in [-0.05, 0) is 0 Å². The van der Waals surface area contributed by atoms with Crippen molar-refractivity contribution in [2.75, 3.05) is 14.2 Å². The number of hydroxylamine groups is 1. The highest BCUT2D eigenvalue weighted by atomic mass is 16.5. The van der Waals surface area contributed by atoms with E-state index in [2.05, 4.69) is 4.98 Å². The fourth-order valence-corrected chi connectivity index (χ4v) is 0.967. The summed E-state index contributed by atoms with van der Waals surface area (Å²) >= 11 is 0. The molecule has 0 atom stereocenters. The second kappa shape index (κ2) is 4.64. The highest BCUT2D eigenvalue weighted by molar-refractivity contribution is 5.35. The van der Waals surface area contributed by atoms with Gasteiger partial charge in [-0.3, -0.25) is 0 Å². The molecule has 0 bridgehead atoms. The van der Waals surface area contributed by atoms with Gasteiger partial charge in [-0.15, -0.1) is 0 Å². The van der Waals surface area contributed by atoms with Gasteiger partial charge in [0, 0.05) is 17.8 Å². The second-order valence-electron chi connectivity index (χ2n) is 2.37. The number of nitrogens with zero attached hydrogens (tertiary/aromatic N) is 1. The molecular weight excluding hydrogens is 172 g/mol. The Hall–Kier alpha value is -1.33. The topological polar surface area (TPSA) is 63.6 Å². The second-order valence-corrected chi connectivity index (χ2v) is 2.37. The van der Waals surface area contributed by atoms with Crippen LogP contribution in [0.1, 0.15) is 5.56 Å². The van der Waals surface area contributed by atoms with Gasteiger partial charge >= 0.3 is 0 Å². The standard InChI is InChI=1S/C8H12N2O3/c1-12-7-3-8(13-2)9-4-6(7)5-10-11/h3-4,10-11H,5H2,1-2H3. The Morgan fingerprint density at radius 1 is 1.46 bits per heavy atom. The average molecular weight is 184 g/mol. The van der Waals surface area contributed by atoms with Crippen LogP contribution in [0, 0.1) is 0 Å². The largest absolute Gasteiger partial charge is 0.496 e. The summed E-state index contributed by atoms with van der Waals surface area (Å²) in [4.78, 5) is 3.97. The number of hydrogen-bond donors (Lipinski definition) is 2. The van der Waals surface area contributed by atoms with Crippen LogP contribution in [0.5, 0.6) is 11.6 Å². The molecule has 1 rings (SSSR count). The zero-order valence-corrected chi connectivity index (χ0v) is 7.57. The molecule has 0 unspecified atom stereocenters. The van der Waals surface area contributed by atoms with E-state index in [-0.39, 0.29) is 0 Å². The molecule has 0 fully saturated rings. The van der Waals surface area contributed by atoms with Crippen LogP contribution in [0.3, 0.4) is 0 Å². The van der Waals surface area contributed by atoms with Gasteiger partial charge in [0.05, 0.1) is 20.8 Å². The SMILES string of the molecule is COc1cc(OC)c(CNO)cn1. The first-order chi connectivity index (χ1) is 6.31. The van der Waals surface area contributed by atoms with Crippen molar-refractivity contribution >= 4 is 0 Å². The van der Waals surface area contributed by atoms with E-state index in [1.54, 1.807) is 19.4 Å². The van der Waals surface area contributed by atoms with Gasteiger partial charge in [0.2, 0.25) is 5.88 Å². The van der Waals surface area contributed by atoms with Gasteiger partial charge in [0.1, 0.15) is 5.75 Å². The van der Waals surface area contributed by atoms with Crippen LogP contribution in [-0.4, -0.2) is 24.4 Å². The molecule has 0 saturated carbocycles. The molecular formula is C8H12N2O3. The molecule has 0 spiro atoms. The number of pyridine rings is 1. The van der Waals surface area contributed by atoms with Crippen molar-refractivity contribution in [2.45, 2.75) is 6.54 Å². The van der Waals surface area contributed by atoms with Crippen LogP contribution in [0.15, 0.2) is 12.3 Å². The quantitative estimate of drug-likeness (QED) is 0.670. The molecule has 13 heavy (non-hydrogen) atoms. The lowest BCUT2D eigenvalue weighted by atomic mass is 10.2. The van der Waals surface area contributed by atoms with E-state index in [1.165, 1.54) is 7.11 Å². The Morgan fingerprint density at radius 2 is 2.23 bits per heavy atom. The molecule has 0 aliphatic rings. The summed E-state index contributed by atoms with van der Waals surface area (Å²) in [7, 11) is 3.08. The predicted octanol–water partition coefficient (Wildman–Crippen LogP) is 0.578. The molecule has 5 nitrogen and oxygen atoms in total. The third-order valence-corrected chi connectivity index (χ3v) is 1.62. The van der Waals surface area contributed by atoms with Crippen LogP contribution >= 0.6 is 0 Å². The van der Waals surface area contributed by atoms with Crippen LogP contribution in [-0.2, 0) is 6.54 Å². The van der Waals surface area contributed by atoms with Gasteiger partial charge in [0.15, 0.2) is 0 Å². The fraction of sp³-hybridized carbons (Fsp3) is 0.375. The number of nitrogens with one attached hydrogen (secondary N) is 1. The van der Waals surface area contributed by atoms with Crippen LogP contribution in [0.25, 0.3) is 0 Å². The summed E-state index contributed by atoms with van der Waals surface area (Å²) in [6.45, 7) is 0.292. The molecule has 0 amide bonds. The first-order valence-corrected chi connectivity index (χ1v) is 3.75. The minimum absolute atomic E-state index is 0.292. The Bertz CT molecular complexity index is 278. The Balaban J connectivity index is 2.93. The zero-order valence-electron chi connectivity index (χ0n) is 7.57. The van der Waals surface area contributed by atoms with Crippen LogP contribution < -0.4 is 15.0 Å². The first kappa shape index (κ1) is 9.76. The molecule has 0 aliphatic carbocycles. The molecule has 1 heterocycles. The minimum atomic E-state index is 0.292. The third-order valence-electron chi connectivity index (χ3n) is 1.62. The van der Waals surface area contributed by atoms with Crippen LogP contribution in [0.2, 0.25) is 0 Å². The smallest absolute Gasteiger partial charge is 0.216 e. The summed E-state index contributed by atoms with van der Waals surface area (Å²) in [5.74, 6) is 1.12. The highest BCUT2D eigenvalue weighted by Crippen LogP contribution is 2.21. The van der Waals surface area contributed by atoms with Crippen molar-refractivity contribution in [3.63, 3.8) is 0 Å². The molecule has 0 radical (unpaired) electrons. The van der Waals surface area contributed by atoms with Gasteiger partial charge in [0.25, 0.3) is 0 Å². The Morgan fingerprint density at radius 3 is 2.77 bits per heavy atom. The highest BCUT2D eigenvalue weighted by Gasteiger charge is 2.04. The molecule has 2 N–H and O–H groups in total. The normalized spacial score (nSPS) is 9.77. The average Bonchev–Trinajstić information content (AvgIpc) is 2.19. The molecule has 0 saturated heterocycles. The monoisotopic (exact) mass is 184 g/mol. The minimum Gasteiger partial charge on any atom is -0.496 e. The molecule has 0 aliphatic heterocycles. The van der Waals surface area contributed by atoms with Gasteiger partial charge in [-0.1, -0.05) is 0 Å². The molecule has 72 valence electrons. The van der Waals surface area contributed by atoms with E-state index in [0.717, 1.165) is 5.56 Å². The third kappa shape index (κ3) is 2.30. The van der Waals surface area contributed by atoms with Crippen molar-refractivity contribution in [3.8, 4) is 11.6 Å². The summed E-state index contributed by atoms with van der Waals surface area (Å²) < 4.78 is 9.99. The molecule has 0 aromatic carbocycles.